The number of carbonyl (C=O) groups excluding carboxylic acids is 2. The van der Waals surface area contributed by atoms with E-state index in [-0.39, 0.29) is 18.4 Å². The van der Waals surface area contributed by atoms with Crippen LogP contribution in [0.15, 0.2) is 60.0 Å². The Bertz CT molecular complexity index is 1220. The molecule has 1 fully saturated rings. The number of hydrogen-bond acceptors (Lipinski definition) is 6. The molecule has 0 saturated carbocycles. The zero-order valence-corrected chi connectivity index (χ0v) is 21.4. The van der Waals surface area contributed by atoms with Gasteiger partial charge < -0.3 is 25.2 Å². The highest BCUT2D eigenvalue weighted by Gasteiger charge is 2.38. The Morgan fingerprint density at radius 1 is 1.16 bits per heavy atom. The van der Waals surface area contributed by atoms with Gasteiger partial charge >= 0.3 is 0 Å². The molecule has 196 valence electrons. The van der Waals surface area contributed by atoms with Crippen molar-refractivity contribution in [2.24, 2.45) is 0 Å². The van der Waals surface area contributed by atoms with Gasteiger partial charge in [0.15, 0.2) is 12.2 Å². The van der Waals surface area contributed by atoms with E-state index in [1.165, 1.54) is 17.0 Å². The summed E-state index contributed by atoms with van der Waals surface area (Å²) < 4.78 is 18.7. The van der Waals surface area contributed by atoms with Crippen molar-refractivity contribution in [2.75, 3.05) is 20.2 Å². The van der Waals surface area contributed by atoms with Gasteiger partial charge in [0.05, 0.1) is 13.2 Å². The van der Waals surface area contributed by atoms with Crippen LogP contribution in [0, 0.1) is 5.82 Å². The van der Waals surface area contributed by atoms with Crippen molar-refractivity contribution < 1.29 is 28.9 Å². The summed E-state index contributed by atoms with van der Waals surface area (Å²) in [5, 5.41) is 25.5. The van der Waals surface area contributed by atoms with Gasteiger partial charge in [-0.2, -0.15) is 0 Å². The molecule has 1 aliphatic heterocycles. The predicted molar refractivity (Wildman–Crippen MR) is 139 cm³/mol. The Hall–Kier alpha value is -3.27. The summed E-state index contributed by atoms with van der Waals surface area (Å²) in [5.74, 6) is -1.05. The highest BCUT2D eigenvalue weighted by atomic mass is 32.1. The van der Waals surface area contributed by atoms with Crippen molar-refractivity contribution in [3.05, 3.63) is 87.4 Å². The number of carbonyl (C=O) groups is 2. The Kier molecular flexibility index (Phi) is 8.91. The molecule has 3 atom stereocenters. The molecule has 7 nitrogen and oxygen atoms in total. The van der Waals surface area contributed by atoms with Gasteiger partial charge in [0, 0.05) is 24.4 Å². The van der Waals surface area contributed by atoms with Crippen LogP contribution in [0.5, 0.6) is 5.75 Å². The largest absolute Gasteiger partial charge is 0.496 e. The first-order chi connectivity index (χ1) is 17.9. The Balaban J connectivity index is 1.27. The van der Waals surface area contributed by atoms with Crippen molar-refractivity contribution in [3.63, 3.8) is 0 Å². The van der Waals surface area contributed by atoms with Crippen LogP contribution >= 0.6 is 11.3 Å². The van der Waals surface area contributed by atoms with Crippen LogP contribution < -0.4 is 10.1 Å². The fourth-order valence-electron chi connectivity index (χ4n) is 4.64. The predicted octanol–water partition coefficient (Wildman–Crippen LogP) is 3.23. The number of aliphatic hydroxyl groups is 2. The number of rotatable bonds is 10. The van der Waals surface area contributed by atoms with E-state index in [0.29, 0.717) is 25.8 Å². The third-order valence-corrected chi connectivity index (χ3v) is 7.62. The summed E-state index contributed by atoms with van der Waals surface area (Å²) in [6.07, 6.45) is -1.11. The number of likely N-dealkylation sites (tertiary alicyclic amines) is 1. The third kappa shape index (κ3) is 6.54. The number of amides is 2. The molecule has 2 aromatic carbocycles. The van der Waals surface area contributed by atoms with E-state index in [1.807, 2.05) is 24.3 Å². The first-order valence-corrected chi connectivity index (χ1v) is 13.1. The Labute approximate surface area is 219 Å². The molecular formula is C28H31FN2O5S. The van der Waals surface area contributed by atoms with Crippen molar-refractivity contribution in [1.29, 1.82) is 0 Å². The molecule has 37 heavy (non-hydrogen) atoms. The summed E-state index contributed by atoms with van der Waals surface area (Å²) in [7, 11) is 1.65. The maximum atomic E-state index is 13.3. The second kappa shape index (κ2) is 12.3. The smallest absolute Gasteiger partial charge is 0.255 e. The first kappa shape index (κ1) is 26.8. The van der Waals surface area contributed by atoms with Gasteiger partial charge in [-0.15, -0.1) is 11.3 Å². The molecule has 4 rings (SSSR count). The summed E-state index contributed by atoms with van der Waals surface area (Å²) >= 11 is 1.58. The van der Waals surface area contributed by atoms with E-state index in [1.54, 1.807) is 30.6 Å². The van der Waals surface area contributed by atoms with Crippen molar-refractivity contribution in [2.45, 2.75) is 43.9 Å². The maximum Gasteiger partial charge on any atom is 0.255 e. The van der Waals surface area contributed by atoms with E-state index < -0.39 is 24.0 Å². The van der Waals surface area contributed by atoms with Crippen LogP contribution in [0.3, 0.4) is 0 Å². The van der Waals surface area contributed by atoms with Gasteiger partial charge in [-0.1, -0.05) is 30.3 Å². The average molecular weight is 527 g/mol. The number of halogens is 1. The molecule has 3 N–H and O–H groups in total. The lowest BCUT2D eigenvalue weighted by Gasteiger charge is -2.28. The number of para-hydroxylation sites is 1. The minimum absolute atomic E-state index is 0.257. The van der Waals surface area contributed by atoms with Gasteiger partial charge in [0.25, 0.3) is 11.8 Å². The zero-order chi connectivity index (χ0) is 26.4. The standard InChI is InChI=1S/C28H31FN2O5S/c1-36-24-7-3-2-5-20(24)15-18-16-22(37-17-18)12-13-30-27(34)25(32)26(33)28(35)31-14-4-6-23(31)19-8-10-21(29)11-9-19/h2-3,5,7-11,16-17,23,25-26,32-33H,4,6,12-15H2,1H3,(H,30,34)/t23?,25-,26-/m1/s1. The van der Waals surface area contributed by atoms with Crippen LogP contribution in [-0.4, -0.2) is 59.3 Å². The van der Waals surface area contributed by atoms with E-state index in [0.717, 1.165) is 33.7 Å². The monoisotopic (exact) mass is 526 g/mol. The lowest BCUT2D eigenvalue weighted by atomic mass is 10.0. The molecule has 9 heteroatoms. The number of nitrogens with zero attached hydrogens (tertiary/aromatic N) is 1. The van der Waals surface area contributed by atoms with Crippen molar-refractivity contribution in [3.8, 4) is 5.75 Å². The molecule has 0 bridgehead atoms. The molecule has 1 aromatic heterocycles. The van der Waals surface area contributed by atoms with Crippen LogP contribution in [0.1, 0.15) is 40.5 Å². The van der Waals surface area contributed by atoms with Crippen LogP contribution in [0.4, 0.5) is 4.39 Å². The molecule has 3 aromatic rings. The topological polar surface area (TPSA) is 99.1 Å². The van der Waals surface area contributed by atoms with Crippen molar-refractivity contribution in [1.82, 2.24) is 10.2 Å². The fraction of sp³-hybridized carbons (Fsp3) is 0.357. The molecule has 0 aliphatic carbocycles. The molecule has 1 saturated heterocycles. The quantitative estimate of drug-likeness (QED) is 0.377. The third-order valence-electron chi connectivity index (χ3n) is 6.58. The summed E-state index contributed by atoms with van der Waals surface area (Å²) in [5.41, 5.74) is 2.97. The lowest BCUT2D eigenvalue weighted by Crippen LogP contribution is -2.50. The number of benzene rings is 2. The Morgan fingerprint density at radius 2 is 1.92 bits per heavy atom. The second-order valence-corrected chi connectivity index (χ2v) is 10.1. The van der Waals surface area contributed by atoms with E-state index >= 15 is 0 Å². The normalized spacial score (nSPS) is 16.9. The number of hydrogen-bond donors (Lipinski definition) is 3. The number of nitrogens with one attached hydrogen (secondary N) is 1. The van der Waals surface area contributed by atoms with Crippen molar-refractivity contribution >= 4 is 23.2 Å². The molecular weight excluding hydrogens is 495 g/mol. The summed E-state index contributed by atoms with van der Waals surface area (Å²) in [4.78, 5) is 27.9. The van der Waals surface area contributed by atoms with Gasteiger partial charge in [-0.25, -0.2) is 4.39 Å². The molecule has 1 aliphatic rings. The number of methoxy groups -OCH3 is 1. The molecule has 1 unspecified atom stereocenters. The number of thiophene rings is 1. The number of aliphatic hydroxyl groups excluding tert-OH is 2. The lowest BCUT2D eigenvalue weighted by molar-refractivity contribution is -0.153. The SMILES string of the molecule is COc1ccccc1Cc1csc(CCNC(=O)[C@H](O)[C@@H](O)C(=O)N2CCCC2c2ccc(F)cc2)c1. The number of ether oxygens (including phenoxy) is 1. The first-order valence-electron chi connectivity index (χ1n) is 12.3. The summed E-state index contributed by atoms with van der Waals surface area (Å²) in [6, 6.07) is 15.4. The fourth-order valence-corrected chi connectivity index (χ4v) is 5.54. The highest BCUT2D eigenvalue weighted by molar-refractivity contribution is 7.10. The zero-order valence-electron chi connectivity index (χ0n) is 20.6. The van der Waals surface area contributed by atoms with Gasteiger partial charge in [0.2, 0.25) is 0 Å². The van der Waals surface area contributed by atoms with Crippen LogP contribution in [-0.2, 0) is 22.4 Å². The van der Waals surface area contributed by atoms with Crippen LogP contribution in [0.2, 0.25) is 0 Å². The van der Waals surface area contributed by atoms with E-state index in [9.17, 15) is 24.2 Å². The maximum absolute atomic E-state index is 13.3. The second-order valence-electron chi connectivity index (χ2n) is 9.08. The van der Waals surface area contributed by atoms with Gasteiger partial charge in [-0.3, -0.25) is 9.59 Å². The molecule has 2 heterocycles. The van der Waals surface area contributed by atoms with E-state index in [2.05, 4.69) is 16.8 Å². The molecule has 0 radical (unpaired) electrons. The highest BCUT2D eigenvalue weighted by Crippen LogP contribution is 2.32. The molecule has 0 spiro atoms. The van der Waals surface area contributed by atoms with Crippen LogP contribution in [0.25, 0.3) is 0 Å². The van der Waals surface area contributed by atoms with Gasteiger partial charge in [0.1, 0.15) is 11.6 Å². The minimum Gasteiger partial charge on any atom is -0.496 e. The Morgan fingerprint density at radius 3 is 2.68 bits per heavy atom. The minimum atomic E-state index is -1.88. The van der Waals surface area contributed by atoms with E-state index in [4.69, 9.17) is 4.74 Å². The van der Waals surface area contributed by atoms with Gasteiger partial charge in [-0.05, 0) is 65.6 Å². The average Bonchev–Trinajstić information content (AvgIpc) is 3.58. The summed E-state index contributed by atoms with van der Waals surface area (Å²) in [6.45, 7) is 0.648. The molecule has 2 amide bonds.